The number of hydrogen-bond acceptors (Lipinski definition) is 7. The molecule has 2 unspecified atom stereocenters. The van der Waals surface area contributed by atoms with Crippen LogP contribution in [0.25, 0.3) is 0 Å². The van der Waals surface area contributed by atoms with Gasteiger partial charge in [-0.1, -0.05) is 25.3 Å². The first-order chi connectivity index (χ1) is 17.6. The van der Waals surface area contributed by atoms with E-state index < -0.39 is 0 Å². The maximum Gasteiger partial charge on any atom is 0.221 e. The molecule has 3 aromatic rings. The molecule has 186 valence electrons. The number of nitrogen functional groups attached to an aromatic ring is 1. The molecule has 0 amide bonds. The Kier molecular flexibility index (Phi) is 7.28. The molecule has 36 heavy (non-hydrogen) atoms. The highest BCUT2D eigenvalue weighted by molar-refractivity contribution is 7.80. The van der Waals surface area contributed by atoms with Gasteiger partial charge in [-0.05, 0) is 68.6 Å². The Bertz CT molecular complexity index is 1240. The summed E-state index contributed by atoms with van der Waals surface area (Å²) in [5, 5.41) is 24.3. The van der Waals surface area contributed by atoms with Gasteiger partial charge in [0.2, 0.25) is 5.95 Å². The maximum absolute atomic E-state index is 9.27. The third-order valence-electron chi connectivity index (χ3n) is 7.21. The number of thiocarbonyl (C=S) groups is 1. The van der Waals surface area contributed by atoms with Crippen LogP contribution >= 0.6 is 12.2 Å². The van der Waals surface area contributed by atoms with Crippen molar-refractivity contribution < 1.29 is 0 Å². The fourth-order valence-corrected chi connectivity index (χ4v) is 5.94. The first kappa shape index (κ1) is 24.0. The van der Waals surface area contributed by atoms with E-state index in [9.17, 15) is 5.26 Å². The summed E-state index contributed by atoms with van der Waals surface area (Å²) in [7, 11) is 0. The van der Waals surface area contributed by atoms with E-state index in [-0.39, 0.29) is 5.95 Å². The van der Waals surface area contributed by atoms with Crippen molar-refractivity contribution >= 4 is 40.6 Å². The van der Waals surface area contributed by atoms with Crippen molar-refractivity contribution in [1.29, 1.82) is 5.26 Å². The number of nitrogens with one attached hydrogen (secondary N) is 3. The second-order valence-corrected chi connectivity index (χ2v) is 10.0. The molecule has 0 aliphatic heterocycles. The molecule has 10 heteroatoms. The molecule has 2 atom stereocenters. The molecule has 0 radical (unpaired) electrons. The summed E-state index contributed by atoms with van der Waals surface area (Å²) in [6, 6.07) is 14.4. The van der Waals surface area contributed by atoms with Crippen molar-refractivity contribution in [3.05, 3.63) is 53.9 Å². The summed E-state index contributed by atoms with van der Waals surface area (Å²) >= 11 is 5.98. The van der Waals surface area contributed by atoms with Gasteiger partial charge in [0.15, 0.2) is 10.9 Å². The van der Waals surface area contributed by atoms with E-state index in [1.54, 1.807) is 12.3 Å². The molecule has 0 spiro atoms. The number of aromatic amines is 1. The number of aromatic nitrogens is 4. The molecular formula is C26H31N9S. The van der Waals surface area contributed by atoms with Crippen molar-refractivity contribution in [2.24, 2.45) is 0 Å². The molecule has 2 aliphatic carbocycles. The largest absolute Gasteiger partial charge is 0.368 e. The third kappa shape index (κ3) is 5.57. The Hall–Kier alpha value is -3.71. The van der Waals surface area contributed by atoms with Crippen LogP contribution in [0.5, 0.6) is 0 Å². The number of anilines is 4. The number of benzene rings is 1. The summed E-state index contributed by atoms with van der Waals surface area (Å²) in [6.07, 6.45) is 10.9. The normalized spacial score (nSPS) is 20.0. The molecule has 2 aliphatic rings. The van der Waals surface area contributed by atoms with E-state index in [2.05, 4.69) is 47.8 Å². The average molecular weight is 502 g/mol. The molecule has 2 fully saturated rings. The quantitative estimate of drug-likeness (QED) is 0.342. The van der Waals surface area contributed by atoms with E-state index in [1.807, 2.05) is 24.3 Å². The first-order valence-electron chi connectivity index (χ1n) is 12.6. The van der Waals surface area contributed by atoms with E-state index in [1.165, 1.54) is 32.1 Å². The van der Waals surface area contributed by atoms with E-state index in [4.69, 9.17) is 18.0 Å². The highest BCUT2D eigenvalue weighted by atomic mass is 32.1. The van der Waals surface area contributed by atoms with Crippen LogP contribution in [-0.4, -0.2) is 42.3 Å². The number of H-pyrrole nitrogens is 1. The van der Waals surface area contributed by atoms with Gasteiger partial charge in [0, 0.05) is 41.6 Å². The Morgan fingerprint density at radius 3 is 2.75 bits per heavy atom. The molecule has 5 rings (SSSR count). The Balaban J connectivity index is 1.29. The zero-order chi connectivity index (χ0) is 24.9. The van der Waals surface area contributed by atoms with Gasteiger partial charge in [-0.25, -0.2) is 4.98 Å². The summed E-state index contributed by atoms with van der Waals surface area (Å²) in [4.78, 5) is 10.6. The van der Waals surface area contributed by atoms with Crippen LogP contribution in [0.3, 0.4) is 0 Å². The number of hydrogen-bond donors (Lipinski definition) is 4. The number of rotatable bonds is 6. The average Bonchev–Trinajstić information content (AvgIpc) is 3.55. The summed E-state index contributed by atoms with van der Waals surface area (Å²) in [5.41, 5.74) is 8.29. The summed E-state index contributed by atoms with van der Waals surface area (Å²) < 4.78 is 0. The van der Waals surface area contributed by atoms with Gasteiger partial charge >= 0.3 is 0 Å². The summed E-state index contributed by atoms with van der Waals surface area (Å²) in [6.45, 7) is 0. The highest BCUT2D eigenvalue weighted by Crippen LogP contribution is 2.39. The predicted octanol–water partition coefficient (Wildman–Crippen LogP) is 5.06. The van der Waals surface area contributed by atoms with Crippen LogP contribution in [0.2, 0.25) is 0 Å². The third-order valence-corrected chi connectivity index (χ3v) is 7.52. The van der Waals surface area contributed by atoms with Crippen molar-refractivity contribution in [2.75, 3.05) is 16.4 Å². The van der Waals surface area contributed by atoms with E-state index >= 15 is 0 Å². The van der Waals surface area contributed by atoms with Crippen LogP contribution in [0.1, 0.15) is 68.5 Å². The van der Waals surface area contributed by atoms with Gasteiger partial charge in [-0.15, -0.1) is 0 Å². The maximum atomic E-state index is 9.27. The second-order valence-electron chi connectivity index (χ2n) is 9.62. The second kappa shape index (κ2) is 10.9. The fraction of sp³-hybridized carbons (Fsp3) is 0.423. The minimum Gasteiger partial charge on any atom is -0.368 e. The lowest BCUT2D eigenvalue weighted by Crippen LogP contribution is -2.49. The Labute approximate surface area is 216 Å². The first-order valence-corrected chi connectivity index (χ1v) is 13.0. The van der Waals surface area contributed by atoms with Gasteiger partial charge in [-0.3, -0.25) is 5.10 Å². The minimum atomic E-state index is 0.223. The van der Waals surface area contributed by atoms with Crippen LogP contribution in [0.15, 0.2) is 42.6 Å². The summed E-state index contributed by atoms with van der Waals surface area (Å²) in [5.74, 6) is 1.93. The number of nitrogens with zero attached hydrogens (tertiary/aromatic N) is 5. The Morgan fingerprint density at radius 2 is 1.94 bits per heavy atom. The van der Waals surface area contributed by atoms with Crippen molar-refractivity contribution in [3.8, 4) is 6.07 Å². The molecule has 1 aromatic carbocycles. The van der Waals surface area contributed by atoms with Crippen LogP contribution in [0.4, 0.5) is 23.3 Å². The lowest BCUT2D eigenvalue weighted by molar-refractivity contribution is 0.193. The van der Waals surface area contributed by atoms with Gasteiger partial charge in [0.05, 0.1) is 11.6 Å². The Morgan fingerprint density at radius 1 is 1.08 bits per heavy atom. The molecule has 2 saturated carbocycles. The molecule has 2 heterocycles. The molecule has 0 bridgehead atoms. The van der Waals surface area contributed by atoms with Crippen LogP contribution in [-0.2, 0) is 0 Å². The smallest absolute Gasteiger partial charge is 0.221 e. The van der Waals surface area contributed by atoms with Crippen molar-refractivity contribution in [2.45, 2.75) is 69.4 Å². The van der Waals surface area contributed by atoms with Gasteiger partial charge < -0.3 is 21.3 Å². The van der Waals surface area contributed by atoms with Crippen molar-refractivity contribution in [3.63, 3.8) is 0 Å². The fourth-order valence-electron chi connectivity index (χ4n) is 5.52. The van der Waals surface area contributed by atoms with Gasteiger partial charge in [0.1, 0.15) is 5.82 Å². The molecule has 0 saturated heterocycles. The molecule has 2 aromatic heterocycles. The zero-order valence-corrected chi connectivity index (χ0v) is 21.0. The lowest BCUT2D eigenvalue weighted by Gasteiger charge is -2.40. The van der Waals surface area contributed by atoms with Gasteiger partial charge in [-0.2, -0.15) is 15.3 Å². The molecule has 9 nitrogen and oxygen atoms in total. The zero-order valence-electron chi connectivity index (χ0n) is 20.2. The number of nitriles is 1. The lowest BCUT2D eigenvalue weighted by atomic mass is 9.93. The van der Waals surface area contributed by atoms with Crippen LogP contribution in [0, 0.1) is 11.3 Å². The van der Waals surface area contributed by atoms with E-state index in [0.29, 0.717) is 35.2 Å². The minimum absolute atomic E-state index is 0.223. The highest BCUT2D eigenvalue weighted by Gasteiger charge is 2.36. The topological polar surface area (TPSA) is 132 Å². The van der Waals surface area contributed by atoms with Gasteiger partial charge in [0.25, 0.3) is 0 Å². The van der Waals surface area contributed by atoms with Crippen LogP contribution < -0.4 is 16.4 Å². The molecular weight excluding hydrogens is 470 g/mol. The van der Waals surface area contributed by atoms with E-state index in [0.717, 1.165) is 35.8 Å². The predicted molar refractivity (Wildman–Crippen MR) is 145 cm³/mol. The SMILES string of the molecule is N#Cc1cccc(NC(=S)N(C2CCCCC2)C2CCC(c3cc(Nc4ccnc(N)n4)n[nH]3)C2)c1. The standard InChI is InChI=1S/C26H31N9S/c27-16-17-5-4-6-19(13-17)30-26(36)35(20-7-2-1-3-8-20)21-10-9-18(14-21)22-15-24(34-33-22)31-23-11-12-29-25(28)32-23/h4-6,11-13,15,18,20-21H,1-3,7-10,14H2,(H,30,36)(H4,28,29,31,32,33,34). The monoisotopic (exact) mass is 501 g/mol. The molecule has 5 N–H and O–H groups in total. The number of nitrogens with two attached hydrogens (primary N) is 1. The van der Waals surface area contributed by atoms with Crippen molar-refractivity contribution in [1.82, 2.24) is 25.1 Å².